The number of ether oxygens (including phenoxy) is 1. The Balaban J connectivity index is 1.06. The second-order valence-electron chi connectivity index (χ2n) is 12.7. The van der Waals surface area contributed by atoms with Crippen LogP contribution in [0, 0.1) is 0 Å². The first kappa shape index (κ1) is 34.6. The molecule has 7 rings (SSSR count). The van der Waals surface area contributed by atoms with Gasteiger partial charge >= 0.3 is 0 Å². The lowest BCUT2D eigenvalue weighted by molar-refractivity contribution is -0.119. The van der Waals surface area contributed by atoms with Crippen molar-refractivity contribution in [3.63, 3.8) is 0 Å². The van der Waals surface area contributed by atoms with Gasteiger partial charge in [0.1, 0.15) is 0 Å². The van der Waals surface area contributed by atoms with Crippen LogP contribution in [0.1, 0.15) is 46.0 Å². The van der Waals surface area contributed by atoms with Crippen LogP contribution in [0.5, 0.6) is 5.88 Å². The first-order valence-corrected chi connectivity index (χ1v) is 17.6. The van der Waals surface area contributed by atoms with Gasteiger partial charge in [-0.1, -0.05) is 41.4 Å². The number of nitrogens with one attached hydrogen (secondary N) is 4. The van der Waals surface area contributed by atoms with Gasteiger partial charge in [-0.15, -0.1) is 0 Å². The van der Waals surface area contributed by atoms with E-state index < -0.39 is 0 Å². The second kappa shape index (κ2) is 15.2. The van der Waals surface area contributed by atoms with Crippen LogP contribution in [-0.4, -0.2) is 79.2 Å². The molecule has 2 aliphatic heterocycles. The van der Waals surface area contributed by atoms with Crippen molar-refractivity contribution >= 4 is 40.7 Å². The van der Waals surface area contributed by atoms with Crippen LogP contribution in [0.15, 0.2) is 55.0 Å². The Morgan fingerprint density at radius 2 is 1.98 bits per heavy atom. The number of rotatable bonds is 12. The third kappa shape index (κ3) is 7.47. The topological polar surface area (TPSA) is 155 Å². The van der Waals surface area contributed by atoms with E-state index in [4.69, 9.17) is 37.9 Å². The first-order valence-electron chi connectivity index (χ1n) is 16.8. The highest BCUT2D eigenvalue weighted by Gasteiger charge is 2.26. The number of amides is 2. The molecule has 4 N–H and O–H groups in total. The fourth-order valence-electron chi connectivity index (χ4n) is 6.64. The lowest BCUT2D eigenvalue weighted by Crippen LogP contribution is -2.35. The molecule has 51 heavy (non-hydrogen) atoms. The van der Waals surface area contributed by atoms with Crippen LogP contribution < -0.4 is 20.7 Å². The predicted molar refractivity (Wildman–Crippen MR) is 195 cm³/mol. The molecule has 0 aliphatic carbocycles. The highest BCUT2D eigenvalue weighted by molar-refractivity contribution is 6.39. The molecule has 0 saturated carbocycles. The van der Waals surface area contributed by atoms with Crippen molar-refractivity contribution in [1.29, 1.82) is 0 Å². The van der Waals surface area contributed by atoms with Gasteiger partial charge in [0, 0.05) is 93.4 Å². The van der Waals surface area contributed by atoms with Crippen LogP contribution in [0.4, 0.5) is 5.69 Å². The summed E-state index contributed by atoms with van der Waals surface area (Å²) in [5.74, 6) is 0.512. The largest absolute Gasteiger partial charge is 0.481 e. The average Bonchev–Trinajstić information content (AvgIpc) is 3.89. The molecule has 0 spiro atoms. The zero-order valence-corrected chi connectivity index (χ0v) is 29.8. The van der Waals surface area contributed by atoms with E-state index >= 15 is 0 Å². The molecule has 1 atom stereocenters. The van der Waals surface area contributed by atoms with Crippen molar-refractivity contribution in [1.82, 2.24) is 45.2 Å². The Morgan fingerprint density at radius 3 is 2.76 bits per heavy atom. The molecule has 2 amide bonds. The minimum absolute atomic E-state index is 0.0878. The SMILES string of the molecule is COc1nc(-c2ccnc(-c3cccc(NC(=O)c4nc5c(n4C)CCN(CCc4cn[nH]c4)C5)c3Cl)c2Cl)ccc1CNC[C@@H]1CCC(=O)N1. The van der Waals surface area contributed by atoms with Gasteiger partial charge in [-0.3, -0.25) is 24.6 Å². The standard InChI is InChI=1S/C36H38Cl2N10O3/c1-47-29-12-15-48(14-11-21-16-41-42-17-21)20-28(29)44-34(47)35(50)45-27-5-3-4-25(31(27)37)33-32(38)24(10-13-40-33)26-8-6-22(36(46-26)51-2)18-39-19-23-7-9-30(49)43-23/h3-6,8,10,13,16-17,23,39H,7,9,11-12,14-15,18-20H2,1-2H3,(H,41,42)(H,43,49)(H,45,50)/t23-/m0/s1. The lowest BCUT2D eigenvalue weighted by atomic mass is 10.1. The van der Waals surface area contributed by atoms with Gasteiger partial charge in [0.25, 0.3) is 5.91 Å². The van der Waals surface area contributed by atoms with E-state index in [0.29, 0.717) is 76.0 Å². The number of hydrogen-bond acceptors (Lipinski definition) is 9. The molecular weight excluding hydrogens is 691 g/mol. The number of methoxy groups -OCH3 is 1. The molecule has 1 fully saturated rings. The Kier molecular flexibility index (Phi) is 10.3. The van der Waals surface area contributed by atoms with Gasteiger partial charge in [-0.2, -0.15) is 5.10 Å². The Hall–Kier alpha value is -4.82. The Morgan fingerprint density at radius 1 is 1.10 bits per heavy atom. The minimum atomic E-state index is -0.359. The van der Waals surface area contributed by atoms with E-state index in [9.17, 15) is 9.59 Å². The van der Waals surface area contributed by atoms with Crippen LogP contribution in [0.2, 0.25) is 10.0 Å². The van der Waals surface area contributed by atoms with Crippen molar-refractivity contribution in [2.24, 2.45) is 7.05 Å². The number of H-pyrrole nitrogens is 1. The molecule has 0 bridgehead atoms. The molecule has 5 aromatic rings. The minimum Gasteiger partial charge on any atom is -0.481 e. The zero-order chi connectivity index (χ0) is 35.5. The van der Waals surface area contributed by atoms with E-state index in [-0.39, 0.29) is 17.9 Å². The van der Waals surface area contributed by atoms with Crippen LogP contribution in [0.25, 0.3) is 22.5 Å². The fourth-order valence-corrected chi connectivity index (χ4v) is 7.21. The lowest BCUT2D eigenvalue weighted by Gasteiger charge is -2.26. The van der Waals surface area contributed by atoms with Gasteiger partial charge in [0.15, 0.2) is 5.82 Å². The molecule has 2 aliphatic rings. The molecular formula is C36H38Cl2N10O3. The Labute approximate surface area is 305 Å². The van der Waals surface area contributed by atoms with Crippen LogP contribution in [0.3, 0.4) is 0 Å². The molecule has 13 nitrogen and oxygen atoms in total. The third-order valence-corrected chi connectivity index (χ3v) is 10.2. The van der Waals surface area contributed by atoms with Gasteiger partial charge in [0.2, 0.25) is 11.8 Å². The van der Waals surface area contributed by atoms with E-state index in [2.05, 4.69) is 36.0 Å². The maximum absolute atomic E-state index is 13.6. The number of imidazole rings is 1. The maximum atomic E-state index is 13.6. The van der Waals surface area contributed by atoms with Gasteiger partial charge < -0.3 is 25.3 Å². The molecule has 0 radical (unpaired) electrons. The van der Waals surface area contributed by atoms with Gasteiger partial charge in [0.05, 0.1) is 46.1 Å². The highest BCUT2D eigenvalue weighted by atomic mass is 35.5. The van der Waals surface area contributed by atoms with E-state index in [0.717, 1.165) is 54.9 Å². The monoisotopic (exact) mass is 728 g/mol. The number of carbonyl (C=O) groups excluding carboxylic acids is 2. The first-order chi connectivity index (χ1) is 24.8. The van der Waals surface area contributed by atoms with Gasteiger partial charge in [-0.05, 0) is 36.6 Å². The summed E-state index contributed by atoms with van der Waals surface area (Å²) >= 11 is 13.9. The van der Waals surface area contributed by atoms with Crippen molar-refractivity contribution in [2.45, 2.75) is 44.8 Å². The zero-order valence-electron chi connectivity index (χ0n) is 28.3. The fraction of sp³-hybridized carbons (Fsp3) is 0.333. The highest BCUT2D eigenvalue weighted by Crippen LogP contribution is 2.40. The summed E-state index contributed by atoms with van der Waals surface area (Å²) in [4.78, 5) is 41.5. The number of anilines is 1. The average molecular weight is 730 g/mol. The van der Waals surface area contributed by atoms with Crippen molar-refractivity contribution in [3.05, 3.63) is 93.4 Å². The summed E-state index contributed by atoms with van der Waals surface area (Å²) in [6.07, 6.45) is 8.48. The van der Waals surface area contributed by atoms with Gasteiger partial charge in [-0.25, -0.2) is 9.97 Å². The number of aromatic amines is 1. The van der Waals surface area contributed by atoms with E-state index in [1.165, 1.54) is 0 Å². The predicted octanol–water partition coefficient (Wildman–Crippen LogP) is 4.80. The number of pyridine rings is 2. The summed E-state index contributed by atoms with van der Waals surface area (Å²) in [6, 6.07) is 11.1. The molecule has 264 valence electrons. The van der Waals surface area contributed by atoms with Crippen LogP contribution in [-0.2, 0) is 37.8 Å². The molecule has 0 unspecified atom stereocenters. The summed E-state index contributed by atoms with van der Waals surface area (Å²) < 4.78 is 7.49. The number of nitrogens with zero attached hydrogens (tertiary/aromatic N) is 6. The van der Waals surface area contributed by atoms with E-state index in [1.807, 2.05) is 42.2 Å². The quantitative estimate of drug-likeness (QED) is 0.142. The van der Waals surface area contributed by atoms with Crippen molar-refractivity contribution < 1.29 is 14.3 Å². The molecule has 1 aromatic carbocycles. The van der Waals surface area contributed by atoms with E-state index in [1.54, 1.807) is 31.5 Å². The Bertz CT molecular complexity index is 2070. The normalized spacial score (nSPS) is 15.8. The smallest absolute Gasteiger partial charge is 0.291 e. The maximum Gasteiger partial charge on any atom is 0.291 e. The molecule has 6 heterocycles. The number of benzene rings is 1. The molecule has 1 saturated heterocycles. The number of fused-ring (bicyclic) bond motifs is 1. The van der Waals surface area contributed by atoms with Crippen molar-refractivity contribution in [3.8, 4) is 28.4 Å². The molecule has 4 aromatic heterocycles. The number of halogens is 2. The number of aromatic nitrogens is 6. The van der Waals surface area contributed by atoms with Crippen molar-refractivity contribution in [2.75, 3.05) is 32.1 Å². The summed E-state index contributed by atoms with van der Waals surface area (Å²) in [5.41, 5.74) is 6.67. The van der Waals surface area contributed by atoms with Crippen LogP contribution >= 0.6 is 23.2 Å². The third-order valence-electron chi connectivity index (χ3n) is 9.40. The second-order valence-corrected chi connectivity index (χ2v) is 13.5. The summed E-state index contributed by atoms with van der Waals surface area (Å²) in [7, 11) is 3.45. The molecule has 15 heteroatoms. The summed E-state index contributed by atoms with van der Waals surface area (Å²) in [5, 5.41) is 16.8. The number of carbonyl (C=O) groups is 2. The number of hydrogen-bond donors (Lipinski definition) is 4. The summed E-state index contributed by atoms with van der Waals surface area (Å²) in [6.45, 7) is 3.63.